The van der Waals surface area contributed by atoms with Gasteiger partial charge in [0, 0.05) is 46.9 Å². The second kappa shape index (κ2) is 9.69. The smallest absolute Gasteiger partial charge is 0.240 e. The van der Waals surface area contributed by atoms with E-state index in [1.165, 1.54) is 16.4 Å². The average Bonchev–Trinajstić information content (AvgIpc) is 3.12. The zero-order valence-electron chi connectivity index (χ0n) is 19.2. The number of nitrogens with zero attached hydrogens (tertiary/aromatic N) is 2. The summed E-state index contributed by atoms with van der Waals surface area (Å²) in [7, 11) is 0. The molecule has 0 aliphatic rings. The van der Waals surface area contributed by atoms with E-state index in [0.29, 0.717) is 0 Å². The van der Waals surface area contributed by atoms with Crippen molar-refractivity contribution in [3.8, 4) is 0 Å². The number of fused-ring (bicyclic) bond motifs is 3. The summed E-state index contributed by atoms with van der Waals surface area (Å²) in [4.78, 5) is 24.3. The van der Waals surface area contributed by atoms with Crippen molar-refractivity contribution in [2.75, 3.05) is 5.32 Å². The fourth-order valence-corrected chi connectivity index (χ4v) is 4.12. The number of anilines is 1. The molecule has 1 heterocycles. The van der Waals surface area contributed by atoms with Gasteiger partial charge in [-0.25, -0.2) is 5.43 Å². The number of aryl methyl sites for hydroxylation is 3. The van der Waals surface area contributed by atoms with Crippen molar-refractivity contribution >= 4 is 45.5 Å². The largest absolute Gasteiger partial charge is 0.341 e. The number of para-hydroxylation sites is 1. The molecular weight excluding hydrogens is 412 g/mol. The Hall–Kier alpha value is -3.93. The summed E-state index contributed by atoms with van der Waals surface area (Å²) in [5, 5.41) is 9.29. The number of carbonyl (C=O) groups excluding carboxylic acids is 2. The third-order valence-corrected chi connectivity index (χ3v) is 5.75. The first-order valence-corrected chi connectivity index (χ1v) is 11.2. The fourth-order valence-electron chi connectivity index (χ4n) is 4.12. The molecule has 4 rings (SSSR count). The van der Waals surface area contributed by atoms with Gasteiger partial charge in [-0.2, -0.15) is 5.10 Å². The number of rotatable bonds is 7. The first-order valence-electron chi connectivity index (χ1n) is 11.2. The number of hydrogen-bond donors (Lipinski definition) is 2. The van der Waals surface area contributed by atoms with E-state index < -0.39 is 0 Å². The molecule has 0 radical (unpaired) electrons. The van der Waals surface area contributed by atoms with E-state index in [0.717, 1.165) is 34.3 Å². The number of benzene rings is 3. The van der Waals surface area contributed by atoms with Gasteiger partial charge in [0.05, 0.1) is 6.21 Å². The van der Waals surface area contributed by atoms with E-state index in [4.69, 9.17) is 0 Å². The fraction of sp³-hybridized carbons (Fsp3) is 0.222. The third-order valence-electron chi connectivity index (χ3n) is 5.75. The van der Waals surface area contributed by atoms with Crippen LogP contribution in [0.5, 0.6) is 0 Å². The average molecular weight is 441 g/mol. The molecule has 33 heavy (non-hydrogen) atoms. The number of amides is 2. The Morgan fingerprint density at radius 2 is 1.67 bits per heavy atom. The second-order valence-corrected chi connectivity index (χ2v) is 8.20. The molecule has 0 bridgehead atoms. The molecule has 0 spiro atoms. The number of aromatic nitrogens is 1. The summed E-state index contributed by atoms with van der Waals surface area (Å²) in [5.41, 5.74) is 8.70. The molecule has 0 unspecified atom stereocenters. The van der Waals surface area contributed by atoms with Crippen molar-refractivity contribution in [2.24, 2.45) is 5.10 Å². The first-order chi connectivity index (χ1) is 16.0. The van der Waals surface area contributed by atoms with Crippen LogP contribution in [0.2, 0.25) is 0 Å². The number of hydrogen-bond acceptors (Lipinski definition) is 3. The molecule has 0 atom stereocenters. The molecule has 2 amide bonds. The number of carbonyl (C=O) groups is 2. The van der Waals surface area contributed by atoms with Gasteiger partial charge in [0.2, 0.25) is 11.8 Å². The summed E-state index contributed by atoms with van der Waals surface area (Å²) >= 11 is 0. The van der Waals surface area contributed by atoms with Gasteiger partial charge in [0.1, 0.15) is 0 Å². The third kappa shape index (κ3) is 4.95. The molecule has 2 N–H and O–H groups in total. The van der Waals surface area contributed by atoms with E-state index in [1.54, 1.807) is 6.21 Å². The lowest BCUT2D eigenvalue weighted by molar-refractivity contribution is -0.124. The van der Waals surface area contributed by atoms with E-state index in [-0.39, 0.29) is 24.7 Å². The Bertz CT molecular complexity index is 1370. The SMILES string of the molecule is CCn1c2ccccc2c2cc(/C=N/NC(=O)CCC(=O)Nc3ccc(C)cc3C)ccc21. The molecule has 1 aromatic heterocycles. The van der Waals surface area contributed by atoms with Crippen molar-refractivity contribution in [1.29, 1.82) is 0 Å². The van der Waals surface area contributed by atoms with Gasteiger partial charge in [-0.15, -0.1) is 0 Å². The van der Waals surface area contributed by atoms with E-state index in [1.807, 2.05) is 50.2 Å². The monoisotopic (exact) mass is 440 g/mol. The molecule has 3 aromatic carbocycles. The van der Waals surface area contributed by atoms with Gasteiger partial charge >= 0.3 is 0 Å². The molecule has 0 aliphatic carbocycles. The molecule has 6 heteroatoms. The van der Waals surface area contributed by atoms with Crippen LogP contribution in [0.4, 0.5) is 5.69 Å². The Kier molecular flexibility index (Phi) is 6.54. The topological polar surface area (TPSA) is 75.5 Å². The Labute approximate surface area is 193 Å². The van der Waals surface area contributed by atoms with Crippen LogP contribution in [-0.4, -0.2) is 22.6 Å². The molecule has 0 saturated carbocycles. The quantitative estimate of drug-likeness (QED) is 0.302. The highest BCUT2D eigenvalue weighted by molar-refractivity contribution is 6.09. The molecule has 4 aromatic rings. The molecule has 0 aliphatic heterocycles. The van der Waals surface area contributed by atoms with Gasteiger partial charge in [-0.3, -0.25) is 9.59 Å². The normalized spacial score (nSPS) is 11.4. The maximum atomic E-state index is 12.2. The van der Waals surface area contributed by atoms with E-state index in [9.17, 15) is 9.59 Å². The van der Waals surface area contributed by atoms with Crippen molar-refractivity contribution in [3.05, 3.63) is 77.4 Å². The summed E-state index contributed by atoms with van der Waals surface area (Å²) in [6.45, 7) is 6.98. The van der Waals surface area contributed by atoms with Crippen molar-refractivity contribution in [2.45, 2.75) is 40.2 Å². The van der Waals surface area contributed by atoms with Crippen LogP contribution in [0, 0.1) is 13.8 Å². The minimum atomic E-state index is -0.300. The van der Waals surface area contributed by atoms with Crippen molar-refractivity contribution in [1.82, 2.24) is 9.99 Å². The van der Waals surface area contributed by atoms with Crippen LogP contribution in [0.1, 0.15) is 36.5 Å². The van der Waals surface area contributed by atoms with E-state index in [2.05, 4.69) is 51.6 Å². The Balaban J connectivity index is 1.35. The maximum Gasteiger partial charge on any atom is 0.240 e. The number of nitrogens with one attached hydrogen (secondary N) is 2. The van der Waals surface area contributed by atoms with Crippen LogP contribution in [-0.2, 0) is 16.1 Å². The van der Waals surface area contributed by atoms with Gasteiger partial charge in [0.15, 0.2) is 0 Å². The molecule has 6 nitrogen and oxygen atoms in total. The lowest BCUT2D eigenvalue weighted by atomic mass is 10.1. The highest BCUT2D eigenvalue weighted by Gasteiger charge is 2.10. The predicted octanol–water partition coefficient (Wildman–Crippen LogP) is 5.30. The van der Waals surface area contributed by atoms with Gasteiger partial charge < -0.3 is 9.88 Å². The van der Waals surface area contributed by atoms with Crippen LogP contribution >= 0.6 is 0 Å². The van der Waals surface area contributed by atoms with Crippen LogP contribution in [0.3, 0.4) is 0 Å². The van der Waals surface area contributed by atoms with Gasteiger partial charge in [-0.1, -0.05) is 42.0 Å². The van der Waals surface area contributed by atoms with Crippen LogP contribution < -0.4 is 10.7 Å². The zero-order chi connectivity index (χ0) is 23.4. The summed E-state index contributed by atoms with van der Waals surface area (Å²) in [6, 6.07) is 20.3. The van der Waals surface area contributed by atoms with Crippen molar-refractivity contribution in [3.63, 3.8) is 0 Å². The standard InChI is InChI=1S/C27H28N4O2/c1-4-31-24-8-6-5-7-21(24)22-16-20(10-12-25(22)31)17-28-30-27(33)14-13-26(32)29-23-11-9-18(2)15-19(23)3/h5-12,15-17H,4,13-14H2,1-3H3,(H,29,32)(H,30,33)/b28-17+. The van der Waals surface area contributed by atoms with Crippen LogP contribution in [0.15, 0.2) is 65.8 Å². The lowest BCUT2D eigenvalue weighted by Crippen LogP contribution is -2.20. The Morgan fingerprint density at radius 3 is 2.45 bits per heavy atom. The minimum Gasteiger partial charge on any atom is -0.341 e. The predicted molar refractivity (Wildman–Crippen MR) is 135 cm³/mol. The molecule has 0 saturated heterocycles. The minimum absolute atomic E-state index is 0.0666. The second-order valence-electron chi connectivity index (χ2n) is 8.20. The van der Waals surface area contributed by atoms with Crippen LogP contribution in [0.25, 0.3) is 21.8 Å². The summed E-state index contributed by atoms with van der Waals surface area (Å²) in [6.07, 6.45) is 1.79. The number of hydrazone groups is 1. The maximum absolute atomic E-state index is 12.2. The van der Waals surface area contributed by atoms with Gasteiger partial charge in [0.25, 0.3) is 0 Å². The zero-order valence-corrected chi connectivity index (χ0v) is 19.2. The first kappa shape index (κ1) is 22.3. The Morgan fingerprint density at radius 1 is 0.909 bits per heavy atom. The summed E-state index contributed by atoms with van der Waals surface area (Å²) < 4.78 is 2.29. The molecular formula is C27H28N4O2. The molecule has 0 fully saturated rings. The lowest BCUT2D eigenvalue weighted by Gasteiger charge is -2.08. The van der Waals surface area contributed by atoms with Gasteiger partial charge in [-0.05, 0) is 56.2 Å². The summed E-state index contributed by atoms with van der Waals surface area (Å²) in [5.74, 6) is -0.496. The van der Waals surface area contributed by atoms with Crippen molar-refractivity contribution < 1.29 is 9.59 Å². The highest BCUT2D eigenvalue weighted by atomic mass is 16.2. The molecule has 168 valence electrons. The van der Waals surface area contributed by atoms with E-state index >= 15 is 0 Å². The highest BCUT2D eigenvalue weighted by Crippen LogP contribution is 2.29.